The van der Waals surface area contributed by atoms with Crippen molar-refractivity contribution in [3.05, 3.63) is 58.7 Å². The fourth-order valence-corrected chi connectivity index (χ4v) is 4.22. The molecule has 27 heavy (non-hydrogen) atoms. The van der Waals surface area contributed by atoms with Crippen molar-refractivity contribution < 1.29 is 0 Å². The molecule has 0 radical (unpaired) electrons. The van der Waals surface area contributed by atoms with Crippen LogP contribution >= 0.6 is 22.9 Å². The van der Waals surface area contributed by atoms with Gasteiger partial charge in [-0.25, -0.2) is 19.9 Å². The maximum absolute atomic E-state index is 6.22. The van der Waals surface area contributed by atoms with E-state index in [1.54, 1.807) is 30.1 Å². The molecule has 8 heteroatoms. The summed E-state index contributed by atoms with van der Waals surface area (Å²) in [6.45, 7) is 3.00. The SMILES string of the molecule is Clc1ncccc1CN1CCCC(Cc2cc(Nc3nccs3)ncn2)C1. The molecule has 0 spiro atoms. The first-order valence-corrected chi connectivity index (χ1v) is 10.3. The van der Waals surface area contributed by atoms with Crippen molar-refractivity contribution in [1.29, 1.82) is 0 Å². The molecule has 140 valence electrons. The van der Waals surface area contributed by atoms with Gasteiger partial charge >= 0.3 is 0 Å². The van der Waals surface area contributed by atoms with Crippen LogP contribution in [0.3, 0.4) is 0 Å². The number of aromatic nitrogens is 4. The zero-order chi connectivity index (χ0) is 18.5. The molecule has 1 atom stereocenters. The molecule has 0 bridgehead atoms. The van der Waals surface area contributed by atoms with E-state index in [0.717, 1.165) is 48.3 Å². The second kappa shape index (κ2) is 8.73. The molecule has 0 amide bonds. The number of hydrogen-bond donors (Lipinski definition) is 1. The standard InChI is InChI=1S/C19H21ClN6S/c20-18-15(4-1-5-21-18)12-26-7-2-3-14(11-26)9-16-10-17(24-13-23-16)25-19-22-6-8-27-19/h1,4-6,8,10,13-14H,2-3,7,9,11-12H2,(H,22,23,24,25). The molecule has 1 aliphatic rings. The first-order valence-electron chi connectivity index (χ1n) is 9.05. The largest absolute Gasteiger partial charge is 0.316 e. The summed E-state index contributed by atoms with van der Waals surface area (Å²) >= 11 is 7.78. The first-order chi connectivity index (χ1) is 13.3. The van der Waals surface area contributed by atoms with E-state index in [4.69, 9.17) is 11.6 Å². The predicted octanol–water partition coefficient (Wildman–Crippen LogP) is 4.18. The predicted molar refractivity (Wildman–Crippen MR) is 108 cm³/mol. The average Bonchev–Trinajstić information content (AvgIpc) is 3.17. The average molecular weight is 401 g/mol. The van der Waals surface area contributed by atoms with Gasteiger partial charge in [-0.2, -0.15) is 0 Å². The van der Waals surface area contributed by atoms with Crippen LogP contribution in [0.15, 0.2) is 42.3 Å². The number of likely N-dealkylation sites (tertiary alicyclic amines) is 1. The Morgan fingerprint density at radius 3 is 3.04 bits per heavy atom. The number of hydrogen-bond acceptors (Lipinski definition) is 7. The zero-order valence-electron chi connectivity index (χ0n) is 14.9. The number of anilines is 2. The van der Waals surface area contributed by atoms with Crippen LogP contribution in [0.2, 0.25) is 5.15 Å². The van der Waals surface area contributed by atoms with Gasteiger partial charge in [-0.1, -0.05) is 17.7 Å². The monoisotopic (exact) mass is 400 g/mol. The smallest absolute Gasteiger partial charge is 0.188 e. The molecular weight excluding hydrogens is 380 g/mol. The van der Waals surface area contributed by atoms with Crippen LogP contribution in [0, 0.1) is 5.92 Å². The van der Waals surface area contributed by atoms with Gasteiger partial charge in [-0.05, 0) is 37.8 Å². The Morgan fingerprint density at radius 1 is 1.22 bits per heavy atom. The van der Waals surface area contributed by atoms with Crippen LogP contribution in [0.25, 0.3) is 0 Å². The summed E-state index contributed by atoms with van der Waals surface area (Å²) in [5.74, 6) is 1.38. The van der Waals surface area contributed by atoms with Gasteiger partial charge in [0.2, 0.25) is 0 Å². The lowest BCUT2D eigenvalue weighted by molar-refractivity contribution is 0.166. The van der Waals surface area contributed by atoms with Crippen LogP contribution in [0.1, 0.15) is 24.1 Å². The molecule has 4 heterocycles. The molecule has 1 unspecified atom stereocenters. The number of halogens is 1. The van der Waals surface area contributed by atoms with Gasteiger partial charge < -0.3 is 5.32 Å². The Bertz CT molecular complexity index is 872. The van der Waals surface area contributed by atoms with Gasteiger partial charge in [-0.15, -0.1) is 11.3 Å². The summed E-state index contributed by atoms with van der Waals surface area (Å²) in [5, 5.41) is 6.62. The fraction of sp³-hybridized carbons (Fsp3) is 0.368. The molecule has 1 N–H and O–H groups in total. The summed E-state index contributed by atoms with van der Waals surface area (Å²) in [6.07, 6.45) is 8.50. The Labute approximate surface area is 167 Å². The molecule has 3 aromatic heterocycles. The highest BCUT2D eigenvalue weighted by Crippen LogP contribution is 2.24. The summed E-state index contributed by atoms with van der Waals surface area (Å²) in [6, 6.07) is 6.03. The summed E-state index contributed by atoms with van der Waals surface area (Å²) in [7, 11) is 0. The third-order valence-electron chi connectivity index (χ3n) is 4.72. The van der Waals surface area contributed by atoms with Crippen molar-refractivity contribution >= 4 is 33.9 Å². The van der Waals surface area contributed by atoms with E-state index in [2.05, 4.69) is 36.2 Å². The highest BCUT2D eigenvalue weighted by Gasteiger charge is 2.21. The van der Waals surface area contributed by atoms with Gasteiger partial charge in [0.15, 0.2) is 5.13 Å². The molecule has 4 rings (SSSR count). The minimum absolute atomic E-state index is 0.580. The highest BCUT2D eigenvalue weighted by molar-refractivity contribution is 7.13. The van der Waals surface area contributed by atoms with E-state index >= 15 is 0 Å². The van der Waals surface area contributed by atoms with Gasteiger partial charge in [0, 0.05) is 48.2 Å². The van der Waals surface area contributed by atoms with Gasteiger partial charge in [0.1, 0.15) is 17.3 Å². The van der Waals surface area contributed by atoms with E-state index in [1.807, 2.05) is 17.5 Å². The van der Waals surface area contributed by atoms with Crippen LogP contribution in [-0.2, 0) is 13.0 Å². The van der Waals surface area contributed by atoms with Crippen molar-refractivity contribution in [1.82, 2.24) is 24.8 Å². The summed E-state index contributed by atoms with van der Waals surface area (Å²) < 4.78 is 0. The van der Waals surface area contributed by atoms with Crippen molar-refractivity contribution in [2.45, 2.75) is 25.8 Å². The summed E-state index contributed by atoms with van der Waals surface area (Å²) in [5.41, 5.74) is 2.16. The molecule has 0 aliphatic carbocycles. The number of nitrogens with zero attached hydrogens (tertiary/aromatic N) is 5. The topological polar surface area (TPSA) is 66.8 Å². The molecule has 0 saturated carbocycles. The highest BCUT2D eigenvalue weighted by atomic mass is 35.5. The van der Waals surface area contributed by atoms with Gasteiger partial charge in [-0.3, -0.25) is 4.90 Å². The fourth-order valence-electron chi connectivity index (χ4n) is 3.51. The Morgan fingerprint density at radius 2 is 2.19 bits per heavy atom. The number of thiazole rings is 1. The van der Waals surface area contributed by atoms with Crippen LogP contribution < -0.4 is 5.32 Å². The Kier molecular flexibility index (Phi) is 5.91. The first kappa shape index (κ1) is 18.3. The van der Waals surface area contributed by atoms with E-state index in [1.165, 1.54) is 12.8 Å². The van der Waals surface area contributed by atoms with E-state index < -0.39 is 0 Å². The number of piperidine rings is 1. The van der Waals surface area contributed by atoms with Crippen molar-refractivity contribution in [2.24, 2.45) is 5.92 Å². The quantitative estimate of drug-likeness (QED) is 0.626. The van der Waals surface area contributed by atoms with Crippen molar-refractivity contribution in [3.8, 4) is 0 Å². The maximum atomic E-state index is 6.22. The number of pyridine rings is 1. The normalized spacial score (nSPS) is 17.7. The van der Waals surface area contributed by atoms with Crippen LogP contribution in [0.5, 0.6) is 0 Å². The van der Waals surface area contributed by atoms with Gasteiger partial charge in [0.25, 0.3) is 0 Å². The number of rotatable bonds is 6. The number of nitrogens with one attached hydrogen (secondary N) is 1. The minimum atomic E-state index is 0.580. The molecule has 1 saturated heterocycles. The summed E-state index contributed by atoms with van der Waals surface area (Å²) in [4.78, 5) is 19.7. The molecular formula is C19H21ClN6S. The van der Waals surface area contributed by atoms with Crippen LogP contribution in [0.4, 0.5) is 10.9 Å². The Hall–Kier alpha value is -2.09. The van der Waals surface area contributed by atoms with Crippen molar-refractivity contribution in [2.75, 3.05) is 18.4 Å². The molecule has 0 aromatic carbocycles. The van der Waals surface area contributed by atoms with E-state index in [9.17, 15) is 0 Å². The van der Waals surface area contributed by atoms with E-state index in [-0.39, 0.29) is 0 Å². The second-order valence-electron chi connectivity index (χ2n) is 6.76. The van der Waals surface area contributed by atoms with Crippen molar-refractivity contribution in [3.63, 3.8) is 0 Å². The lowest BCUT2D eigenvalue weighted by Gasteiger charge is -2.32. The van der Waals surface area contributed by atoms with E-state index in [0.29, 0.717) is 11.1 Å². The Balaban J connectivity index is 1.37. The third-order valence-corrected chi connectivity index (χ3v) is 5.75. The molecule has 3 aromatic rings. The molecule has 1 fully saturated rings. The molecule has 6 nitrogen and oxygen atoms in total. The second-order valence-corrected chi connectivity index (χ2v) is 8.01. The molecule has 1 aliphatic heterocycles. The zero-order valence-corrected chi connectivity index (χ0v) is 16.5. The maximum Gasteiger partial charge on any atom is 0.188 e. The lowest BCUT2D eigenvalue weighted by atomic mass is 9.93. The van der Waals surface area contributed by atoms with Gasteiger partial charge in [0.05, 0.1) is 0 Å². The third kappa shape index (κ3) is 5.00. The minimum Gasteiger partial charge on any atom is -0.316 e. The van der Waals surface area contributed by atoms with Crippen LogP contribution in [-0.4, -0.2) is 37.9 Å². The lowest BCUT2D eigenvalue weighted by Crippen LogP contribution is -2.36.